The van der Waals surface area contributed by atoms with Gasteiger partial charge in [-0.1, -0.05) is 6.07 Å². The maximum atomic E-state index is 12.7. The van der Waals surface area contributed by atoms with Gasteiger partial charge in [0, 0.05) is 6.07 Å². The summed E-state index contributed by atoms with van der Waals surface area (Å²) in [6.45, 7) is 0.685. The lowest BCUT2D eigenvalue weighted by Gasteiger charge is -2.22. The predicted molar refractivity (Wildman–Crippen MR) is 100 cm³/mol. The van der Waals surface area contributed by atoms with E-state index in [-0.39, 0.29) is 22.6 Å². The third-order valence-corrected chi connectivity index (χ3v) is 5.09. The van der Waals surface area contributed by atoms with Crippen LogP contribution in [0.5, 0.6) is 0 Å². The summed E-state index contributed by atoms with van der Waals surface area (Å²) in [6.07, 6.45) is -3.79. The average molecular weight is 431 g/mol. The highest BCUT2D eigenvalue weighted by molar-refractivity contribution is 7.92. The second-order valence-corrected chi connectivity index (χ2v) is 7.98. The summed E-state index contributed by atoms with van der Waals surface area (Å²) in [6, 6.07) is 7.29. The highest BCUT2D eigenvalue weighted by atomic mass is 32.2. The Hall–Kier alpha value is -3.15. The van der Waals surface area contributed by atoms with Gasteiger partial charge in [-0.15, -0.1) is 0 Å². The summed E-state index contributed by atoms with van der Waals surface area (Å²) < 4.78 is 62.8. The lowest BCUT2D eigenvalue weighted by Crippen LogP contribution is -2.37. The second kappa shape index (κ2) is 8.07. The molecule has 0 heterocycles. The van der Waals surface area contributed by atoms with Crippen molar-refractivity contribution in [3.05, 3.63) is 63.7 Å². The number of rotatable bonds is 6. The Morgan fingerprint density at radius 3 is 2.24 bits per heavy atom. The fraction of sp³-hybridized carbons (Fsp3) is 0.235. The summed E-state index contributed by atoms with van der Waals surface area (Å²) in [4.78, 5) is 22.7. The van der Waals surface area contributed by atoms with Crippen LogP contribution in [0, 0.1) is 17.0 Å². The number of hydrogen-bond donors (Lipinski definition) is 1. The number of hydrogen-bond acceptors (Lipinski definition) is 5. The van der Waals surface area contributed by atoms with Gasteiger partial charge in [0.15, 0.2) is 0 Å². The van der Waals surface area contributed by atoms with E-state index < -0.39 is 39.1 Å². The van der Waals surface area contributed by atoms with Crippen molar-refractivity contribution >= 4 is 33.0 Å². The average Bonchev–Trinajstić information content (AvgIpc) is 2.59. The van der Waals surface area contributed by atoms with Crippen LogP contribution < -0.4 is 9.62 Å². The molecule has 2 aromatic carbocycles. The van der Waals surface area contributed by atoms with Crippen molar-refractivity contribution in [2.24, 2.45) is 0 Å². The Morgan fingerprint density at radius 1 is 1.17 bits per heavy atom. The topological polar surface area (TPSA) is 110 Å². The molecule has 0 aliphatic rings. The van der Waals surface area contributed by atoms with E-state index in [0.29, 0.717) is 16.4 Å². The molecule has 1 amide bonds. The van der Waals surface area contributed by atoms with Crippen molar-refractivity contribution in [2.45, 2.75) is 13.1 Å². The zero-order valence-electron chi connectivity index (χ0n) is 15.2. The number of anilines is 2. The minimum Gasteiger partial charge on any atom is -0.324 e. The first kappa shape index (κ1) is 22.1. The molecule has 2 aromatic rings. The Bertz CT molecular complexity index is 1040. The number of sulfonamides is 1. The molecule has 0 radical (unpaired) electrons. The van der Waals surface area contributed by atoms with Gasteiger partial charge in [0.1, 0.15) is 6.54 Å². The lowest BCUT2D eigenvalue weighted by molar-refractivity contribution is -0.385. The molecule has 0 saturated heterocycles. The zero-order valence-corrected chi connectivity index (χ0v) is 16.0. The van der Waals surface area contributed by atoms with Crippen molar-refractivity contribution in [1.29, 1.82) is 0 Å². The zero-order chi connectivity index (χ0) is 22.0. The highest BCUT2D eigenvalue weighted by Crippen LogP contribution is 2.31. The van der Waals surface area contributed by atoms with Gasteiger partial charge in [-0.2, -0.15) is 13.2 Å². The molecule has 1 N–H and O–H groups in total. The van der Waals surface area contributed by atoms with Gasteiger partial charge in [0.2, 0.25) is 15.9 Å². The number of halogens is 3. The minimum atomic E-state index is -4.59. The third-order valence-electron chi connectivity index (χ3n) is 3.95. The molecule has 0 saturated carbocycles. The first-order chi connectivity index (χ1) is 13.3. The first-order valence-corrected chi connectivity index (χ1v) is 9.84. The monoisotopic (exact) mass is 431 g/mol. The summed E-state index contributed by atoms with van der Waals surface area (Å²) in [7, 11) is -4.00. The first-order valence-electron chi connectivity index (χ1n) is 7.99. The van der Waals surface area contributed by atoms with Crippen LogP contribution in [0.25, 0.3) is 0 Å². The summed E-state index contributed by atoms with van der Waals surface area (Å²) in [5.74, 6) is -0.820. The van der Waals surface area contributed by atoms with Crippen LogP contribution in [0.4, 0.5) is 30.2 Å². The highest BCUT2D eigenvalue weighted by Gasteiger charge is 2.31. The molecule has 0 unspecified atom stereocenters. The molecule has 0 aliphatic heterocycles. The van der Waals surface area contributed by atoms with Gasteiger partial charge in [-0.05, 0) is 37.3 Å². The van der Waals surface area contributed by atoms with Gasteiger partial charge in [0.25, 0.3) is 5.69 Å². The maximum absolute atomic E-state index is 12.7. The molecule has 0 aliphatic carbocycles. The van der Waals surface area contributed by atoms with Crippen molar-refractivity contribution < 1.29 is 31.3 Å². The fourth-order valence-electron chi connectivity index (χ4n) is 2.49. The molecule has 0 aromatic heterocycles. The SMILES string of the molecule is Cc1c(NC(=O)CN(c2ccc(C(F)(F)F)cc2)S(C)(=O)=O)cccc1[N+](=O)[O-]. The Balaban J connectivity index is 2.27. The Labute approximate surface area is 164 Å². The van der Waals surface area contributed by atoms with Crippen LogP contribution in [0.2, 0.25) is 0 Å². The van der Waals surface area contributed by atoms with Crippen LogP contribution in [-0.4, -0.2) is 32.0 Å². The molecule has 2 rings (SSSR count). The summed E-state index contributed by atoms with van der Waals surface area (Å²) in [5.41, 5.74) is -1.04. The Kier molecular flexibility index (Phi) is 6.16. The normalized spacial score (nSPS) is 11.8. The van der Waals surface area contributed by atoms with E-state index in [1.54, 1.807) is 0 Å². The lowest BCUT2D eigenvalue weighted by atomic mass is 10.1. The van der Waals surface area contributed by atoms with E-state index in [1.807, 2.05) is 0 Å². The number of nitro groups is 1. The van der Waals surface area contributed by atoms with Crippen molar-refractivity contribution in [2.75, 3.05) is 22.4 Å². The molecule has 29 heavy (non-hydrogen) atoms. The standard InChI is InChI=1S/C17H16F3N3O5S/c1-11-14(4-3-5-15(11)23(25)26)21-16(24)10-22(29(2,27)28)13-8-6-12(7-9-13)17(18,19)20/h3-9H,10H2,1-2H3,(H,21,24). The molecule has 0 spiro atoms. The van der Waals surface area contributed by atoms with E-state index >= 15 is 0 Å². The smallest absolute Gasteiger partial charge is 0.324 e. The van der Waals surface area contributed by atoms with E-state index in [0.717, 1.165) is 18.4 Å². The number of alkyl halides is 3. The van der Waals surface area contributed by atoms with Crippen molar-refractivity contribution in [3.63, 3.8) is 0 Å². The Morgan fingerprint density at radius 2 is 1.76 bits per heavy atom. The number of benzene rings is 2. The number of nitrogens with zero attached hydrogens (tertiary/aromatic N) is 2. The molecule has 0 bridgehead atoms. The van der Waals surface area contributed by atoms with Crippen LogP contribution in [0.1, 0.15) is 11.1 Å². The van der Waals surface area contributed by atoms with Gasteiger partial charge in [-0.25, -0.2) is 8.42 Å². The molecular formula is C17H16F3N3O5S. The number of nitrogens with one attached hydrogen (secondary N) is 1. The van der Waals surface area contributed by atoms with E-state index in [9.17, 15) is 36.5 Å². The largest absolute Gasteiger partial charge is 0.416 e. The number of amides is 1. The van der Waals surface area contributed by atoms with Crippen LogP contribution in [0.3, 0.4) is 0 Å². The van der Waals surface area contributed by atoms with Crippen molar-refractivity contribution in [1.82, 2.24) is 0 Å². The van der Waals surface area contributed by atoms with E-state index in [1.165, 1.54) is 25.1 Å². The fourth-order valence-corrected chi connectivity index (χ4v) is 3.35. The van der Waals surface area contributed by atoms with Gasteiger partial charge in [0.05, 0.1) is 33.7 Å². The van der Waals surface area contributed by atoms with Gasteiger partial charge < -0.3 is 5.32 Å². The number of carbonyl (C=O) groups is 1. The maximum Gasteiger partial charge on any atom is 0.416 e. The molecule has 12 heteroatoms. The minimum absolute atomic E-state index is 0.116. The quantitative estimate of drug-likeness (QED) is 0.557. The second-order valence-electron chi connectivity index (χ2n) is 6.07. The van der Waals surface area contributed by atoms with Gasteiger partial charge in [-0.3, -0.25) is 19.2 Å². The molecule has 8 nitrogen and oxygen atoms in total. The summed E-state index contributed by atoms with van der Waals surface area (Å²) in [5, 5.41) is 13.4. The van der Waals surface area contributed by atoms with E-state index in [2.05, 4.69) is 5.32 Å². The van der Waals surface area contributed by atoms with Crippen LogP contribution in [-0.2, 0) is 21.0 Å². The summed E-state index contributed by atoms with van der Waals surface area (Å²) >= 11 is 0. The number of nitro benzene ring substituents is 1. The van der Waals surface area contributed by atoms with Crippen LogP contribution in [0.15, 0.2) is 42.5 Å². The third kappa shape index (κ3) is 5.44. The number of carbonyl (C=O) groups excluding carboxylic acids is 1. The van der Waals surface area contributed by atoms with Gasteiger partial charge >= 0.3 is 6.18 Å². The van der Waals surface area contributed by atoms with Crippen LogP contribution >= 0.6 is 0 Å². The molecule has 0 atom stereocenters. The molecule has 0 fully saturated rings. The molecule has 156 valence electrons. The molecular weight excluding hydrogens is 415 g/mol. The van der Waals surface area contributed by atoms with Crippen molar-refractivity contribution in [3.8, 4) is 0 Å². The predicted octanol–water partition coefficient (Wildman–Crippen LogP) is 3.33. The van der Waals surface area contributed by atoms with E-state index in [4.69, 9.17) is 0 Å².